The topological polar surface area (TPSA) is 170 Å². The van der Waals surface area contributed by atoms with Gasteiger partial charge in [0.25, 0.3) is 5.56 Å². The van der Waals surface area contributed by atoms with Gasteiger partial charge >= 0.3 is 29.0 Å². The van der Waals surface area contributed by atoms with Crippen molar-refractivity contribution in [1.29, 1.82) is 0 Å². The van der Waals surface area contributed by atoms with Crippen LogP contribution in [0.4, 0.5) is 13.2 Å². The molecule has 1 aromatic carbocycles. The molecule has 3 rings (SSSR count). The smallest absolute Gasteiger partial charge is 0.475 e. The summed E-state index contributed by atoms with van der Waals surface area (Å²) < 4.78 is 33.2. The standard InChI is InChI=1S/C18H21N5O4.C2HF3O2/c1-9(2)23-8-12(15(24)22-18(23)27)7-19-10(3)11-4-5-13-14(6-11)21-17(26)16(25)20-13;3-2(4,5)1(6)7/h4-6,8-10,19H,7H2,1-3H3,(H,20,25)(H,21,26)(H,22,24,27);(H,6,7). The highest BCUT2D eigenvalue weighted by molar-refractivity contribution is 5.74. The molecule has 184 valence electrons. The Hall–Kier alpha value is -3.94. The van der Waals surface area contributed by atoms with Crippen molar-refractivity contribution in [3.8, 4) is 0 Å². The molecule has 11 nitrogen and oxygen atoms in total. The number of aromatic nitrogens is 4. The second kappa shape index (κ2) is 10.3. The van der Waals surface area contributed by atoms with Gasteiger partial charge in [-0.3, -0.25) is 23.9 Å². The van der Waals surface area contributed by atoms with Crippen LogP contribution in [0, 0.1) is 0 Å². The van der Waals surface area contributed by atoms with Crippen molar-refractivity contribution in [1.82, 2.24) is 24.8 Å². The summed E-state index contributed by atoms with van der Waals surface area (Å²) in [6, 6.07) is 5.11. The van der Waals surface area contributed by atoms with Crippen LogP contribution in [0.5, 0.6) is 0 Å². The van der Waals surface area contributed by atoms with Gasteiger partial charge < -0.3 is 20.4 Å². The number of H-pyrrole nitrogens is 3. The van der Waals surface area contributed by atoms with E-state index in [2.05, 4.69) is 20.3 Å². The Labute approximate surface area is 188 Å². The SMILES string of the molecule is CC(NCc1cn(C(C)C)c(=O)[nH]c1=O)c1ccc2[nH]c(=O)c(=O)[nH]c2c1.O=C(O)C(F)(F)F. The number of fused-ring (bicyclic) bond motifs is 1. The summed E-state index contributed by atoms with van der Waals surface area (Å²) in [7, 11) is 0. The number of nitrogens with one attached hydrogen (secondary N) is 4. The van der Waals surface area contributed by atoms with Crippen LogP contribution >= 0.6 is 0 Å². The van der Waals surface area contributed by atoms with Gasteiger partial charge in [-0.2, -0.15) is 13.2 Å². The number of alkyl halides is 3. The van der Waals surface area contributed by atoms with Crippen LogP contribution in [0.2, 0.25) is 0 Å². The van der Waals surface area contributed by atoms with E-state index in [1.807, 2.05) is 26.8 Å². The molecule has 0 spiro atoms. The zero-order valence-electron chi connectivity index (χ0n) is 18.2. The first-order chi connectivity index (χ1) is 15.7. The monoisotopic (exact) mass is 485 g/mol. The van der Waals surface area contributed by atoms with Crippen molar-refractivity contribution < 1.29 is 23.1 Å². The second-order valence-electron chi connectivity index (χ2n) is 7.53. The molecule has 2 heterocycles. The zero-order valence-corrected chi connectivity index (χ0v) is 18.2. The molecular weight excluding hydrogens is 463 g/mol. The lowest BCUT2D eigenvalue weighted by Gasteiger charge is -2.16. The van der Waals surface area contributed by atoms with E-state index in [0.29, 0.717) is 16.6 Å². The largest absolute Gasteiger partial charge is 0.490 e. The highest BCUT2D eigenvalue weighted by Crippen LogP contribution is 2.17. The van der Waals surface area contributed by atoms with E-state index in [4.69, 9.17) is 9.90 Å². The molecule has 14 heteroatoms. The van der Waals surface area contributed by atoms with Crippen LogP contribution in [-0.2, 0) is 11.3 Å². The highest BCUT2D eigenvalue weighted by Gasteiger charge is 2.38. The minimum Gasteiger partial charge on any atom is -0.475 e. The molecule has 0 aliphatic rings. The number of aliphatic carboxylic acids is 1. The Kier molecular flexibility index (Phi) is 8.00. The molecule has 5 N–H and O–H groups in total. The number of carboxylic acid groups (broad SMARTS) is 1. The van der Waals surface area contributed by atoms with E-state index in [-0.39, 0.29) is 18.6 Å². The van der Waals surface area contributed by atoms with Gasteiger partial charge in [0.05, 0.1) is 11.0 Å². The van der Waals surface area contributed by atoms with E-state index in [1.165, 1.54) is 4.57 Å². The maximum atomic E-state index is 12.0. The summed E-state index contributed by atoms with van der Waals surface area (Å²) in [5, 5.41) is 10.4. The van der Waals surface area contributed by atoms with Crippen LogP contribution < -0.4 is 27.7 Å². The number of benzene rings is 1. The lowest BCUT2D eigenvalue weighted by Crippen LogP contribution is -2.34. The zero-order chi connectivity index (χ0) is 25.8. The maximum Gasteiger partial charge on any atom is 0.490 e. The Morgan fingerprint density at radius 3 is 2.09 bits per heavy atom. The number of hydrogen-bond acceptors (Lipinski definition) is 6. The summed E-state index contributed by atoms with van der Waals surface area (Å²) in [5.74, 6) is -2.76. The average molecular weight is 485 g/mol. The molecule has 3 aromatic rings. The van der Waals surface area contributed by atoms with E-state index in [0.717, 1.165) is 5.56 Å². The molecule has 2 aromatic heterocycles. The highest BCUT2D eigenvalue weighted by atomic mass is 19.4. The first-order valence-electron chi connectivity index (χ1n) is 9.84. The fourth-order valence-electron chi connectivity index (χ4n) is 2.82. The van der Waals surface area contributed by atoms with Crippen LogP contribution in [0.25, 0.3) is 11.0 Å². The molecule has 0 saturated heterocycles. The third-order valence-corrected chi connectivity index (χ3v) is 4.69. The molecule has 1 unspecified atom stereocenters. The third-order valence-electron chi connectivity index (χ3n) is 4.69. The lowest BCUT2D eigenvalue weighted by atomic mass is 10.1. The van der Waals surface area contributed by atoms with Gasteiger partial charge in [0.2, 0.25) is 0 Å². The van der Waals surface area contributed by atoms with Crippen LogP contribution in [0.3, 0.4) is 0 Å². The van der Waals surface area contributed by atoms with Crippen molar-refractivity contribution in [2.45, 2.75) is 45.6 Å². The van der Waals surface area contributed by atoms with E-state index >= 15 is 0 Å². The molecule has 1 atom stereocenters. The van der Waals surface area contributed by atoms with Crippen molar-refractivity contribution in [2.75, 3.05) is 0 Å². The van der Waals surface area contributed by atoms with Crippen LogP contribution in [-0.4, -0.2) is 36.8 Å². The Morgan fingerprint density at radius 1 is 1.00 bits per heavy atom. The Balaban J connectivity index is 0.000000509. The van der Waals surface area contributed by atoms with Crippen molar-refractivity contribution in [3.63, 3.8) is 0 Å². The normalized spacial score (nSPS) is 12.3. The maximum absolute atomic E-state index is 12.0. The van der Waals surface area contributed by atoms with E-state index in [9.17, 15) is 32.3 Å². The summed E-state index contributed by atoms with van der Waals surface area (Å²) in [5.41, 5.74) is 0.139. The van der Waals surface area contributed by atoms with Gasteiger partial charge in [-0.25, -0.2) is 9.59 Å². The number of carboxylic acids is 1. The molecule has 0 amide bonds. The summed E-state index contributed by atoms with van der Waals surface area (Å²) in [6.45, 7) is 5.90. The van der Waals surface area contributed by atoms with Crippen molar-refractivity contribution >= 4 is 17.0 Å². The summed E-state index contributed by atoms with van der Waals surface area (Å²) in [4.78, 5) is 63.0. The minimum atomic E-state index is -5.08. The first kappa shape index (κ1) is 26.3. The molecular formula is C20H22F3N5O6. The number of aromatic amines is 3. The second-order valence-corrected chi connectivity index (χ2v) is 7.53. The van der Waals surface area contributed by atoms with Crippen molar-refractivity contribution in [3.05, 3.63) is 77.1 Å². The predicted molar refractivity (Wildman–Crippen MR) is 116 cm³/mol. The fourth-order valence-corrected chi connectivity index (χ4v) is 2.82. The average Bonchev–Trinajstić information content (AvgIpc) is 2.73. The lowest BCUT2D eigenvalue weighted by molar-refractivity contribution is -0.192. The predicted octanol–water partition coefficient (Wildman–Crippen LogP) is 1.13. The van der Waals surface area contributed by atoms with E-state index in [1.54, 1.807) is 18.3 Å². The van der Waals surface area contributed by atoms with Gasteiger partial charge in [0.1, 0.15) is 0 Å². The molecule has 0 bridgehead atoms. The van der Waals surface area contributed by atoms with Gasteiger partial charge in [0.15, 0.2) is 0 Å². The van der Waals surface area contributed by atoms with Gasteiger partial charge in [-0.05, 0) is 38.5 Å². The number of nitrogens with zero attached hydrogens (tertiary/aromatic N) is 1. The number of rotatable bonds is 5. The summed E-state index contributed by atoms with van der Waals surface area (Å²) in [6.07, 6.45) is -3.52. The number of carbonyl (C=O) groups is 1. The molecule has 0 fully saturated rings. The minimum absolute atomic E-state index is 0.0648. The van der Waals surface area contributed by atoms with Gasteiger partial charge in [-0.1, -0.05) is 6.07 Å². The Bertz CT molecular complexity index is 1420. The molecule has 34 heavy (non-hydrogen) atoms. The summed E-state index contributed by atoms with van der Waals surface area (Å²) >= 11 is 0. The molecule has 0 aliphatic carbocycles. The molecule has 0 radical (unpaired) electrons. The number of halogens is 3. The van der Waals surface area contributed by atoms with E-state index < -0.39 is 34.5 Å². The first-order valence-corrected chi connectivity index (χ1v) is 9.84. The number of hydrogen-bond donors (Lipinski definition) is 5. The quantitative estimate of drug-likeness (QED) is 0.337. The van der Waals surface area contributed by atoms with Gasteiger partial charge in [0, 0.05) is 30.4 Å². The van der Waals surface area contributed by atoms with Crippen LogP contribution in [0.1, 0.15) is 44.0 Å². The molecule has 0 saturated carbocycles. The fraction of sp³-hybridized carbons (Fsp3) is 0.350. The third kappa shape index (κ3) is 6.54. The van der Waals surface area contributed by atoms with Gasteiger partial charge in [-0.15, -0.1) is 0 Å². The van der Waals surface area contributed by atoms with Crippen molar-refractivity contribution in [2.24, 2.45) is 0 Å². The van der Waals surface area contributed by atoms with Crippen LogP contribution in [0.15, 0.2) is 43.6 Å². The Morgan fingerprint density at radius 2 is 1.56 bits per heavy atom. The molecule has 0 aliphatic heterocycles.